The number of aryl methyl sites for hydroxylation is 1. The maximum Gasteiger partial charge on any atom is 0.343 e. The number of rotatable bonds is 6. The number of ketones is 1. The SMILES string of the molecule is CCN(CC)S(=O)(=O)c1ccc(C(=O)Oc2ccc(C)c3c2C(=O)CCC3)cc1. The van der Waals surface area contributed by atoms with Crippen molar-refractivity contribution in [2.45, 2.75) is 44.9 Å². The summed E-state index contributed by atoms with van der Waals surface area (Å²) in [6, 6.07) is 9.16. The van der Waals surface area contributed by atoms with Gasteiger partial charge in [0.25, 0.3) is 0 Å². The van der Waals surface area contributed by atoms with Crippen molar-refractivity contribution >= 4 is 21.8 Å². The molecule has 0 unspecified atom stereocenters. The highest BCUT2D eigenvalue weighted by atomic mass is 32.2. The summed E-state index contributed by atoms with van der Waals surface area (Å²) in [4.78, 5) is 25.1. The van der Waals surface area contributed by atoms with E-state index in [4.69, 9.17) is 4.74 Å². The number of benzene rings is 2. The molecule has 1 aliphatic carbocycles. The summed E-state index contributed by atoms with van der Waals surface area (Å²) < 4.78 is 32.0. The molecule has 0 saturated heterocycles. The molecule has 0 amide bonds. The quantitative estimate of drug-likeness (QED) is 0.530. The van der Waals surface area contributed by atoms with E-state index >= 15 is 0 Å². The fraction of sp³-hybridized carbons (Fsp3) is 0.364. The number of Topliss-reactive ketones (excluding diaryl/α,β-unsaturated/α-hetero) is 1. The van der Waals surface area contributed by atoms with Gasteiger partial charge in [-0.1, -0.05) is 19.9 Å². The predicted molar refractivity (Wildman–Crippen MR) is 110 cm³/mol. The zero-order chi connectivity index (χ0) is 21.2. The molecule has 1 aliphatic rings. The number of hydrogen-bond donors (Lipinski definition) is 0. The van der Waals surface area contributed by atoms with E-state index < -0.39 is 16.0 Å². The van der Waals surface area contributed by atoms with E-state index in [2.05, 4.69) is 0 Å². The second-order valence-electron chi connectivity index (χ2n) is 7.01. The Kier molecular flexibility index (Phi) is 6.19. The molecule has 0 N–H and O–H groups in total. The van der Waals surface area contributed by atoms with Gasteiger partial charge >= 0.3 is 5.97 Å². The highest BCUT2D eigenvalue weighted by Crippen LogP contribution is 2.32. The summed E-state index contributed by atoms with van der Waals surface area (Å²) in [5.74, 6) is -0.375. The van der Waals surface area contributed by atoms with Crippen LogP contribution in [0.1, 0.15) is 58.5 Å². The lowest BCUT2D eigenvalue weighted by molar-refractivity contribution is 0.0731. The van der Waals surface area contributed by atoms with Crippen LogP contribution in [0.15, 0.2) is 41.3 Å². The van der Waals surface area contributed by atoms with E-state index in [1.165, 1.54) is 28.6 Å². The van der Waals surface area contributed by atoms with Gasteiger partial charge in [0.05, 0.1) is 16.0 Å². The van der Waals surface area contributed by atoms with Gasteiger partial charge < -0.3 is 4.74 Å². The maximum atomic E-state index is 12.6. The molecular formula is C22H25NO5S. The molecule has 0 radical (unpaired) electrons. The van der Waals surface area contributed by atoms with E-state index in [9.17, 15) is 18.0 Å². The number of carbonyl (C=O) groups is 2. The number of fused-ring (bicyclic) bond motifs is 1. The van der Waals surface area contributed by atoms with Crippen LogP contribution in [0.3, 0.4) is 0 Å². The van der Waals surface area contributed by atoms with Crippen molar-refractivity contribution < 1.29 is 22.7 Å². The molecule has 2 aromatic carbocycles. The van der Waals surface area contributed by atoms with Crippen molar-refractivity contribution in [3.8, 4) is 5.75 Å². The third-order valence-electron chi connectivity index (χ3n) is 5.25. The zero-order valence-corrected chi connectivity index (χ0v) is 17.7. The van der Waals surface area contributed by atoms with E-state index in [1.807, 2.05) is 13.0 Å². The van der Waals surface area contributed by atoms with Crippen LogP contribution in [0.25, 0.3) is 0 Å². The Bertz CT molecular complexity index is 1040. The highest BCUT2D eigenvalue weighted by molar-refractivity contribution is 7.89. The summed E-state index contributed by atoms with van der Waals surface area (Å²) in [6.07, 6.45) is 2.03. The third-order valence-corrected chi connectivity index (χ3v) is 7.32. The Hall–Kier alpha value is -2.51. The van der Waals surface area contributed by atoms with Gasteiger partial charge in [0.2, 0.25) is 10.0 Å². The average Bonchev–Trinajstić information content (AvgIpc) is 2.71. The fourth-order valence-electron chi connectivity index (χ4n) is 3.63. The summed E-state index contributed by atoms with van der Waals surface area (Å²) in [7, 11) is -3.59. The van der Waals surface area contributed by atoms with Crippen LogP contribution in [0.5, 0.6) is 5.75 Å². The van der Waals surface area contributed by atoms with Crippen LogP contribution in [0.4, 0.5) is 0 Å². The summed E-state index contributed by atoms with van der Waals surface area (Å²) in [5.41, 5.74) is 2.66. The van der Waals surface area contributed by atoms with Crippen molar-refractivity contribution in [1.29, 1.82) is 0 Å². The second-order valence-corrected chi connectivity index (χ2v) is 8.95. The molecular weight excluding hydrogens is 390 g/mol. The molecule has 0 atom stereocenters. The molecule has 2 aromatic rings. The van der Waals surface area contributed by atoms with Crippen LogP contribution in [-0.2, 0) is 16.4 Å². The van der Waals surface area contributed by atoms with Gasteiger partial charge in [-0.05, 0) is 61.2 Å². The van der Waals surface area contributed by atoms with Crippen molar-refractivity contribution in [3.05, 3.63) is 58.7 Å². The Balaban J connectivity index is 1.85. The second kappa shape index (κ2) is 8.47. The van der Waals surface area contributed by atoms with Gasteiger partial charge in [-0.3, -0.25) is 4.79 Å². The fourth-order valence-corrected chi connectivity index (χ4v) is 5.09. The summed E-state index contributed by atoms with van der Waals surface area (Å²) in [6.45, 7) is 6.23. The topological polar surface area (TPSA) is 80.8 Å². The Morgan fingerprint density at radius 2 is 1.69 bits per heavy atom. The lowest BCUT2D eigenvalue weighted by atomic mass is 9.87. The van der Waals surface area contributed by atoms with E-state index in [-0.39, 0.29) is 22.0 Å². The average molecular weight is 416 g/mol. The van der Waals surface area contributed by atoms with Crippen LogP contribution >= 0.6 is 0 Å². The molecule has 0 bridgehead atoms. The molecule has 0 saturated carbocycles. The first-order valence-corrected chi connectivity index (χ1v) is 11.2. The molecule has 0 fully saturated rings. The van der Waals surface area contributed by atoms with Crippen molar-refractivity contribution in [1.82, 2.24) is 4.31 Å². The lowest BCUT2D eigenvalue weighted by Gasteiger charge is -2.20. The first-order chi connectivity index (χ1) is 13.8. The number of carbonyl (C=O) groups excluding carboxylic acids is 2. The molecule has 0 spiro atoms. The summed E-state index contributed by atoms with van der Waals surface area (Å²) >= 11 is 0. The largest absolute Gasteiger partial charge is 0.422 e. The zero-order valence-electron chi connectivity index (χ0n) is 16.9. The highest BCUT2D eigenvalue weighted by Gasteiger charge is 2.25. The minimum atomic E-state index is -3.59. The monoisotopic (exact) mass is 415 g/mol. The maximum absolute atomic E-state index is 12.6. The minimum Gasteiger partial charge on any atom is -0.422 e. The van der Waals surface area contributed by atoms with Crippen molar-refractivity contribution in [2.75, 3.05) is 13.1 Å². The van der Waals surface area contributed by atoms with E-state index in [1.54, 1.807) is 19.9 Å². The molecule has 29 heavy (non-hydrogen) atoms. The van der Waals surface area contributed by atoms with Crippen LogP contribution in [0, 0.1) is 6.92 Å². The number of ether oxygens (including phenoxy) is 1. The Morgan fingerprint density at radius 1 is 1.03 bits per heavy atom. The van der Waals surface area contributed by atoms with Gasteiger partial charge in [-0.2, -0.15) is 4.31 Å². The van der Waals surface area contributed by atoms with E-state index in [0.29, 0.717) is 25.1 Å². The Morgan fingerprint density at radius 3 is 2.31 bits per heavy atom. The van der Waals surface area contributed by atoms with Gasteiger partial charge in [0.1, 0.15) is 5.75 Å². The Labute approximate surface area is 171 Å². The van der Waals surface area contributed by atoms with Gasteiger partial charge in [0.15, 0.2) is 5.78 Å². The van der Waals surface area contributed by atoms with Crippen LogP contribution in [0.2, 0.25) is 0 Å². The van der Waals surface area contributed by atoms with Gasteiger partial charge in [0, 0.05) is 19.5 Å². The summed E-state index contributed by atoms with van der Waals surface area (Å²) in [5, 5.41) is 0. The number of nitrogens with zero attached hydrogens (tertiary/aromatic N) is 1. The van der Waals surface area contributed by atoms with Crippen LogP contribution < -0.4 is 4.74 Å². The third kappa shape index (κ3) is 4.11. The molecule has 0 heterocycles. The smallest absolute Gasteiger partial charge is 0.343 e. The normalized spacial score (nSPS) is 14.0. The minimum absolute atomic E-state index is 0.0154. The van der Waals surface area contributed by atoms with Crippen LogP contribution in [-0.4, -0.2) is 37.6 Å². The van der Waals surface area contributed by atoms with Crippen molar-refractivity contribution in [2.24, 2.45) is 0 Å². The first-order valence-electron chi connectivity index (χ1n) is 9.77. The van der Waals surface area contributed by atoms with Gasteiger partial charge in [-0.15, -0.1) is 0 Å². The number of sulfonamides is 1. The van der Waals surface area contributed by atoms with E-state index in [0.717, 1.165) is 24.0 Å². The first kappa shape index (κ1) is 21.2. The lowest BCUT2D eigenvalue weighted by Crippen LogP contribution is -2.30. The standard InChI is InChI=1S/C22H25NO5S/c1-4-23(5-2)29(26,27)17-12-10-16(11-13-17)22(25)28-20-14-9-15(3)18-7-6-8-19(24)21(18)20/h9-14H,4-8H2,1-3H3. The number of hydrogen-bond acceptors (Lipinski definition) is 5. The number of esters is 1. The molecule has 0 aromatic heterocycles. The van der Waals surface area contributed by atoms with Crippen molar-refractivity contribution in [3.63, 3.8) is 0 Å². The van der Waals surface area contributed by atoms with Gasteiger partial charge in [-0.25, -0.2) is 13.2 Å². The molecule has 3 rings (SSSR count). The molecule has 7 heteroatoms. The molecule has 154 valence electrons. The molecule has 6 nitrogen and oxygen atoms in total. The predicted octanol–water partition coefficient (Wildman–Crippen LogP) is 3.76. The molecule has 0 aliphatic heterocycles.